The maximum absolute atomic E-state index is 12.0. The zero-order valence-electron chi connectivity index (χ0n) is 11.5. The van der Waals surface area contributed by atoms with Crippen LogP contribution in [0, 0.1) is 0 Å². The van der Waals surface area contributed by atoms with Crippen molar-refractivity contribution in [3.05, 3.63) is 34.5 Å². The topological polar surface area (TPSA) is 85.9 Å². The normalized spacial score (nSPS) is 11.9. The number of nitrogens with one attached hydrogen (secondary N) is 2. The summed E-state index contributed by atoms with van der Waals surface area (Å²) >= 11 is 1.19. The largest absolute Gasteiger partial charge is 0.465 e. The van der Waals surface area contributed by atoms with Crippen LogP contribution in [-0.2, 0) is 4.74 Å². The standard InChI is InChI=1S/C14H12N2O5S/c1-19-13(17)12-9(4-5-22-12)16-14(18)15-8-2-3-10-11(6-8)21-7-20-10/h2-6H,7H2,1H3,(H2,15,16,18). The van der Waals surface area contributed by atoms with E-state index in [4.69, 9.17) is 9.47 Å². The summed E-state index contributed by atoms with van der Waals surface area (Å²) in [5.74, 6) is 0.716. The molecule has 1 aliphatic heterocycles. The van der Waals surface area contributed by atoms with Crippen LogP contribution in [0.15, 0.2) is 29.6 Å². The summed E-state index contributed by atoms with van der Waals surface area (Å²) in [6, 6.07) is 6.24. The Balaban J connectivity index is 1.68. The number of anilines is 2. The second-order valence-electron chi connectivity index (χ2n) is 4.30. The molecule has 0 fully saturated rings. The highest BCUT2D eigenvalue weighted by molar-refractivity contribution is 7.12. The van der Waals surface area contributed by atoms with Gasteiger partial charge >= 0.3 is 12.0 Å². The van der Waals surface area contributed by atoms with E-state index in [1.807, 2.05) is 0 Å². The summed E-state index contributed by atoms with van der Waals surface area (Å²) in [4.78, 5) is 23.9. The first-order valence-corrected chi connectivity index (χ1v) is 7.19. The molecule has 114 valence electrons. The van der Waals surface area contributed by atoms with Crippen LogP contribution in [-0.4, -0.2) is 25.9 Å². The van der Waals surface area contributed by atoms with E-state index in [0.29, 0.717) is 27.8 Å². The fourth-order valence-corrected chi connectivity index (χ4v) is 2.68. The number of rotatable bonds is 3. The van der Waals surface area contributed by atoms with Crippen LogP contribution in [0.5, 0.6) is 11.5 Å². The highest BCUT2D eigenvalue weighted by Gasteiger charge is 2.17. The SMILES string of the molecule is COC(=O)c1sccc1NC(=O)Nc1ccc2c(c1)OCO2. The molecule has 2 aromatic rings. The minimum absolute atomic E-state index is 0.169. The number of carbonyl (C=O) groups is 2. The number of methoxy groups -OCH3 is 1. The number of hydrogen-bond acceptors (Lipinski definition) is 6. The van der Waals surface area contributed by atoms with Crippen molar-refractivity contribution in [2.75, 3.05) is 24.5 Å². The predicted molar refractivity (Wildman–Crippen MR) is 80.9 cm³/mol. The van der Waals surface area contributed by atoms with Gasteiger partial charge in [-0.2, -0.15) is 0 Å². The number of carbonyl (C=O) groups excluding carboxylic acids is 2. The number of esters is 1. The summed E-state index contributed by atoms with van der Waals surface area (Å²) < 4.78 is 15.1. The average Bonchev–Trinajstić information content (AvgIpc) is 3.14. The Labute approximate surface area is 129 Å². The van der Waals surface area contributed by atoms with Crippen LogP contribution in [0.4, 0.5) is 16.2 Å². The molecule has 1 aliphatic rings. The van der Waals surface area contributed by atoms with Crippen LogP contribution in [0.3, 0.4) is 0 Å². The first kappa shape index (κ1) is 14.2. The number of amides is 2. The number of benzene rings is 1. The van der Waals surface area contributed by atoms with Crippen molar-refractivity contribution >= 4 is 34.7 Å². The van der Waals surface area contributed by atoms with Crippen LogP contribution in [0.1, 0.15) is 9.67 Å². The Morgan fingerprint density at radius 1 is 1.18 bits per heavy atom. The van der Waals surface area contributed by atoms with Gasteiger partial charge in [0, 0.05) is 11.8 Å². The maximum atomic E-state index is 12.0. The van der Waals surface area contributed by atoms with Crippen LogP contribution in [0.25, 0.3) is 0 Å². The fourth-order valence-electron chi connectivity index (χ4n) is 1.92. The molecule has 0 radical (unpaired) electrons. The third-order valence-electron chi connectivity index (χ3n) is 2.91. The van der Waals surface area contributed by atoms with Crippen molar-refractivity contribution in [1.29, 1.82) is 0 Å². The van der Waals surface area contributed by atoms with Crippen LogP contribution in [0.2, 0.25) is 0 Å². The molecule has 7 nitrogen and oxygen atoms in total. The highest BCUT2D eigenvalue weighted by Crippen LogP contribution is 2.34. The molecular weight excluding hydrogens is 308 g/mol. The Morgan fingerprint density at radius 3 is 2.82 bits per heavy atom. The summed E-state index contributed by atoms with van der Waals surface area (Å²) in [6.45, 7) is 0.169. The van der Waals surface area contributed by atoms with E-state index >= 15 is 0 Å². The Kier molecular flexibility index (Phi) is 3.84. The fraction of sp³-hybridized carbons (Fsp3) is 0.143. The second kappa shape index (κ2) is 5.94. The molecule has 0 bridgehead atoms. The lowest BCUT2D eigenvalue weighted by atomic mass is 10.3. The van der Waals surface area contributed by atoms with Gasteiger partial charge in [0.05, 0.1) is 12.8 Å². The molecule has 22 heavy (non-hydrogen) atoms. The average molecular weight is 320 g/mol. The first-order valence-electron chi connectivity index (χ1n) is 6.31. The van der Waals surface area contributed by atoms with E-state index in [1.165, 1.54) is 18.4 Å². The Hall–Kier alpha value is -2.74. The zero-order chi connectivity index (χ0) is 15.5. The minimum atomic E-state index is -0.492. The summed E-state index contributed by atoms with van der Waals surface area (Å²) in [5.41, 5.74) is 0.951. The number of ether oxygens (including phenoxy) is 3. The van der Waals surface area contributed by atoms with Gasteiger partial charge in [-0.05, 0) is 23.6 Å². The summed E-state index contributed by atoms with van der Waals surface area (Å²) in [5, 5.41) is 6.97. The molecule has 3 rings (SSSR count). The van der Waals surface area contributed by atoms with E-state index in [0.717, 1.165) is 0 Å². The molecule has 1 aromatic carbocycles. The van der Waals surface area contributed by atoms with Crippen molar-refractivity contribution < 1.29 is 23.8 Å². The van der Waals surface area contributed by atoms with E-state index in [9.17, 15) is 9.59 Å². The molecular formula is C14H12N2O5S. The second-order valence-corrected chi connectivity index (χ2v) is 5.22. The number of urea groups is 1. The van der Waals surface area contributed by atoms with Crippen LogP contribution >= 0.6 is 11.3 Å². The molecule has 0 spiro atoms. The van der Waals surface area contributed by atoms with E-state index in [2.05, 4.69) is 15.4 Å². The van der Waals surface area contributed by atoms with Gasteiger partial charge in [-0.25, -0.2) is 9.59 Å². The highest BCUT2D eigenvalue weighted by atomic mass is 32.1. The van der Waals surface area contributed by atoms with Gasteiger partial charge in [-0.15, -0.1) is 11.3 Å². The van der Waals surface area contributed by atoms with Gasteiger partial charge in [-0.1, -0.05) is 0 Å². The quantitative estimate of drug-likeness (QED) is 0.849. The lowest BCUT2D eigenvalue weighted by Gasteiger charge is -2.08. The molecule has 0 unspecified atom stereocenters. The third kappa shape index (κ3) is 2.82. The van der Waals surface area contributed by atoms with Crippen LogP contribution < -0.4 is 20.1 Å². The van der Waals surface area contributed by atoms with Crippen molar-refractivity contribution in [2.24, 2.45) is 0 Å². The van der Waals surface area contributed by atoms with Gasteiger partial charge in [0.2, 0.25) is 6.79 Å². The van der Waals surface area contributed by atoms with Gasteiger partial charge in [-0.3, -0.25) is 0 Å². The summed E-state index contributed by atoms with van der Waals surface area (Å²) in [6.07, 6.45) is 0. The molecule has 0 saturated carbocycles. The maximum Gasteiger partial charge on any atom is 0.350 e. The van der Waals surface area contributed by atoms with Crippen molar-refractivity contribution in [1.82, 2.24) is 0 Å². The minimum Gasteiger partial charge on any atom is -0.465 e. The lowest BCUT2D eigenvalue weighted by molar-refractivity contribution is 0.0607. The molecule has 2 N–H and O–H groups in total. The van der Waals surface area contributed by atoms with Gasteiger partial charge in [0.1, 0.15) is 4.88 Å². The molecule has 8 heteroatoms. The third-order valence-corrected chi connectivity index (χ3v) is 3.81. The number of thiophene rings is 1. The smallest absolute Gasteiger partial charge is 0.350 e. The Morgan fingerprint density at radius 2 is 2.00 bits per heavy atom. The molecule has 1 aromatic heterocycles. The molecule has 0 saturated heterocycles. The van der Waals surface area contributed by atoms with E-state index in [1.54, 1.807) is 29.6 Å². The summed E-state index contributed by atoms with van der Waals surface area (Å²) in [7, 11) is 1.29. The molecule has 2 heterocycles. The Bertz CT molecular complexity index is 728. The van der Waals surface area contributed by atoms with Crippen molar-refractivity contribution in [3.8, 4) is 11.5 Å². The van der Waals surface area contributed by atoms with E-state index in [-0.39, 0.29) is 6.79 Å². The lowest BCUT2D eigenvalue weighted by Crippen LogP contribution is -2.20. The molecule has 2 amide bonds. The number of hydrogen-bond donors (Lipinski definition) is 2. The zero-order valence-corrected chi connectivity index (χ0v) is 12.4. The number of fused-ring (bicyclic) bond motifs is 1. The van der Waals surface area contributed by atoms with Gasteiger partial charge in [0.15, 0.2) is 11.5 Å². The molecule has 0 aliphatic carbocycles. The van der Waals surface area contributed by atoms with Crippen molar-refractivity contribution in [3.63, 3.8) is 0 Å². The monoisotopic (exact) mass is 320 g/mol. The first-order chi connectivity index (χ1) is 10.7. The van der Waals surface area contributed by atoms with Crippen molar-refractivity contribution in [2.45, 2.75) is 0 Å². The molecule has 0 atom stereocenters. The van der Waals surface area contributed by atoms with E-state index < -0.39 is 12.0 Å². The van der Waals surface area contributed by atoms with Gasteiger partial charge in [0.25, 0.3) is 0 Å². The van der Waals surface area contributed by atoms with Gasteiger partial charge < -0.3 is 24.8 Å². The predicted octanol–water partition coefficient (Wildman–Crippen LogP) is 2.91.